The van der Waals surface area contributed by atoms with Gasteiger partial charge in [0.15, 0.2) is 0 Å². The molecule has 0 amide bonds. The molecular weight excluding hydrogens is 840 g/mol. The Morgan fingerprint density at radius 2 is 0.841 bits per heavy atom. The molecule has 10 rings (SSSR count). The topological polar surface area (TPSA) is 32.8 Å². The molecule has 2 aliphatic heterocycles. The van der Waals surface area contributed by atoms with Gasteiger partial charge in [-0.3, -0.25) is 0 Å². The van der Waals surface area contributed by atoms with Crippen LogP contribution in [-0.2, 0) is 58.7 Å². The highest BCUT2D eigenvalue weighted by Gasteiger charge is 2.45. The van der Waals surface area contributed by atoms with Gasteiger partial charge in [0.05, 0.1) is 5.56 Å². The Bertz CT molecular complexity index is 2740. The van der Waals surface area contributed by atoms with Crippen molar-refractivity contribution in [2.45, 2.75) is 176 Å². The van der Waals surface area contributed by atoms with Crippen LogP contribution in [-0.4, -0.2) is 12.7 Å². The summed E-state index contributed by atoms with van der Waals surface area (Å²) in [6.07, 6.45) is 11.7. The summed E-state index contributed by atoms with van der Waals surface area (Å²) in [6, 6.07) is 39.5. The van der Waals surface area contributed by atoms with Gasteiger partial charge in [-0.15, -0.1) is 0 Å². The minimum absolute atomic E-state index is 0.0373. The summed E-state index contributed by atoms with van der Waals surface area (Å²) < 4.78 is 6.33. The van der Waals surface area contributed by atoms with Crippen LogP contribution in [0.4, 0.5) is 34.1 Å². The third-order valence-electron chi connectivity index (χ3n) is 15.8. The van der Waals surface area contributed by atoms with Crippen LogP contribution in [0.25, 0.3) is 0 Å². The van der Waals surface area contributed by atoms with Crippen LogP contribution >= 0.6 is 0 Å². The molecule has 0 unspecified atom stereocenters. The van der Waals surface area contributed by atoms with E-state index in [9.17, 15) is 4.79 Å². The summed E-state index contributed by atoms with van der Waals surface area (Å²) >= 11 is 0. The molecule has 0 saturated heterocycles. The van der Waals surface area contributed by atoms with E-state index < -0.39 is 0 Å². The summed E-state index contributed by atoms with van der Waals surface area (Å²) in [4.78, 5) is 20.1. The van der Waals surface area contributed by atoms with Gasteiger partial charge in [-0.25, -0.2) is 4.79 Å². The SMILES string of the molecule is CC(C)(C)c1cc(N2c3cc4c(cc3B3c5cc6c(cc5N(c5cc(C(C)(C)C)cc(C(C)(C)C)c5)c5cc(C(=O)OCc7ccccc7)cc2c53)CCCCC6)CCCCC4)cc(C(C)(C)C)c1. The fourth-order valence-electron chi connectivity index (χ4n) is 11.5. The maximum absolute atomic E-state index is 15.0. The number of benzene rings is 6. The molecule has 0 N–H and O–H groups in total. The first-order valence-corrected chi connectivity index (χ1v) is 26.3. The van der Waals surface area contributed by atoms with E-state index in [2.05, 4.69) is 166 Å². The van der Waals surface area contributed by atoms with Gasteiger partial charge in [-0.05, 0) is 188 Å². The van der Waals surface area contributed by atoms with E-state index in [1.807, 2.05) is 30.3 Å². The first-order chi connectivity index (χ1) is 32.6. The van der Waals surface area contributed by atoms with Crippen molar-refractivity contribution in [1.29, 1.82) is 0 Å². The van der Waals surface area contributed by atoms with E-state index in [0.717, 1.165) is 54.0 Å². The van der Waals surface area contributed by atoms with Crippen LogP contribution in [0.3, 0.4) is 0 Å². The van der Waals surface area contributed by atoms with Crippen molar-refractivity contribution in [3.8, 4) is 0 Å². The summed E-state index contributed by atoms with van der Waals surface area (Å²) in [7, 11) is 0. The number of nitrogens with zero attached hydrogens (tertiary/aromatic N) is 2. The van der Waals surface area contributed by atoms with E-state index in [-0.39, 0.29) is 40.9 Å². The van der Waals surface area contributed by atoms with Gasteiger partial charge in [0.1, 0.15) is 6.61 Å². The lowest BCUT2D eigenvalue weighted by atomic mass is 9.33. The number of rotatable bonds is 5. The molecule has 0 atom stereocenters. The number of hydrogen-bond donors (Lipinski definition) is 0. The average molecular weight is 915 g/mol. The van der Waals surface area contributed by atoms with Crippen molar-refractivity contribution in [3.05, 3.63) is 159 Å². The number of aryl methyl sites for hydroxylation is 4. The Hall–Kier alpha value is -5.55. The lowest BCUT2D eigenvalue weighted by molar-refractivity contribution is 0.0472. The van der Waals surface area contributed by atoms with Crippen LogP contribution in [0, 0.1) is 0 Å². The zero-order valence-corrected chi connectivity index (χ0v) is 43.9. The van der Waals surface area contributed by atoms with Crippen molar-refractivity contribution in [3.63, 3.8) is 0 Å². The molecule has 0 bridgehead atoms. The lowest BCUT2D eigenvalue weighted by Crippen LogP contribution is -2.61. The molecule has 0 spiro atoms. The molecule has 4 aliphatic rings. The molecular formula is C64H75BN2O2. The smallest absolute Gasteiger partial charge is 0.338 e. The predicted octanol–water partition coefficient (Wildman–Crippen LogP) is 14.9. The Morgan fingerprint density at radius 3 is 1.22 bits per heavy atom. The van der Waals surface area contributed by atoms with E-state index in [1.54, 1.807) is 0 Å². The summed E-state index contributed by atoms with van der Waals surface area (Å²) in [5.41, 5.74) is 23.2. The molecule has 4 nitrogen and oxygen atoms in total. The molecule has 6 aromatic carbocycles. The van der Waals surface area contributed by atoms with Crippen LogP contribution in [0.1, 0.15) is 182 Å². The molecule has 6 aromatic rings. The van der Waals surface area contributed by atoms with Crippen molar-refractivity contribution >= 4 is 63.2 Å². The molecule has 0 aromatic heterocycles. The maximum atomic E-state index is 15.0. The van der Waals surface area contributed by atoms with Gasteiger partial charge < -0.3 is 14.5 Å². The number of anilines is 6. The van der Waals surface area contributed by atoms with E-state index in [1.165, 1.54) is 111 Å². The van der Waals surface area contributed by atoms with E-state index >= 15 is 0 Å². The van der Waals surface area contributed by atoms with Crippen molar-refractivity contribution in [2.75, 3.05) is 9.80 Å². The van der Waals surface area contributed by atoms with Gasteiger partial charge in [-0.2, -0.15) is 0 Å². The van der Waals surface area contributed by atoms with Crippen LogP contribution < -0.4 is 26.2 Å². The molecule has 356 valence electrons. The minimum Gasteiger partial charge on any atom is -0.457 e. The molecule has 2 aliphatic carbocycles. The fourth-order valence-corrected chi connectivity index (χ4v) is 11.5. The molecule has 5 heteroatoms. The number of hydrogen-bond acceptors (Lipinski definition) is 4. The van der Waals surface area contributed by atoms with Crippen molar-refractivity contribution < 1.29 is 9.53 Å². The first-order valence-electron chi connectivity index (χ1n) is 26.3. The Morgan fingerprint density at radius 1 is 0.464 bits per heavy atom. The van der Waals surface area contributed by atoms with Crippen LogP contribution in [0.2, 0.25) is 0 Å². The highest BCUT2D eigenvalue weighted by atomic mass is 16.5. The third kappa shape index (κ3) is 8.98. The third-order valence-corrected chi connectivity index (χ3v) is 15.8. The summed E-state index contributed by atoms with van der Waals surface area (Å²) in [6.45, 7) is 28.2. The van der Waals surface area contributed by atoms with E-state index in [4.69, 9.17) is 4.74 Å². The number of carbonyl (C=O) groups excluding carboxylic acids is 1. The Balaban J connectivity index is 1.34. The molecule has 0 fully saturated rings. The second kappa shape index (κ2) is 17.4. The summed E-state index contributed by atoms with van der Waals surface area (Å²) in [5, 5.41) is 0. The predicted molar refractivity (Wildman–Crippen MR) is 293 cm³/mol. The largest absolute Gasteiger partial charge is 0.457 e. The molecule has 0 radical (unpaired) electrons. The summed E-state index contributed by atoms with van der Waals surface area (Å²) in [5.74, 6) is -0.313. The van der Waals surface area contributed by atoms with Gasteiger partial charge in [0.2, 0.25) is 0 Å². The number of carbonyl (C=O) groups is 1. The van der Waals surface area contributed by atoms with E-state index in [0.29, 0.717) is 5.56 Å². The van der Waals surface area contributed by atoms with Crippen molar-refractivity contribution in [2.24, 2.45) is 0 Å². The van der Waals surface area contributed by atoms with Crippen molar-refractivity contribution in [1.82, 2.24) is 0 Å². The Labute approximate surface area is 415 Å². The second-order valence-corrected chi connectivity index (χ2v) is 25.1. The van der Waals surface area contributed by atoms with Crippen LogP contribution in [0.5, 0.6) is 0 Å². The molecule has 2 heterocycles. The fraction of sp³-hybridized carbons (Fsp3) is 0.422. The zero-order chi connectivity index (χ0) is 48.8. The standard InChI is InChI=1S/C64H75BN2O2/c1-61(2,3)47-34-48(62(4,5)6)37-51(36-47)66-55-30-44-26-20-14-18-24-42(44)28-53(55)65-54-29-43-25-19-15-21-27-45(43)31-56(54)67(52-38-49(63(7,8)9)35-50(39-52)64(10,11)12)58-33-46(32-57(66)59(58)65)60(68)69-40-41-22-16-13-17-23-41/h13,16-17,22-23,28-39H,14-15,18-21,24-27,40H2,1-12H3. The number of esters is 1. The maximum Gasteiger partial charge on any atom is 0.338 e. The number of fused-ring (bicyclic) bond motifs is 6. The normalized spacial score (nSPS) is 15.9. The van der Waals surface area contributed by atoms with Gasteiger partial charge >= 0.3 is 5.97 Å². The minimum atomic E-state index is -0.313. The van der Waals surface area contributed by atoms with Gasteiger partial charge in [0, 0.05) is 34.1 Å². The first kappa shape index (κ1) is 47.1. The highest BCUT2D eigenvalue weighted by Crippen LogP contribution is 2.49. The van der Waals surface area contributed by atoms with Gasteiger partial charge in [0.25, 0.3) is 6.71 Å². The second-order valence-electron chi connectivity index (χ2n) is 25.1. The number of ether oxygens (including phenoxy) is 1. The molecule has 69 heavy (non-hydrogen) atoms. The van der Waals surface area contributed by atoms with Crippen LogP contribution in [0.15, 0.2) is 103 Å². The lowest BCUT2D eigenvalue weighted by Gasteiger charge is -2.45. The molecule has 0 saturated carbocycles. The Kier molecular flexibility index (Phi) is 11.9. The zero-order valence-electron chi connectivity index (χ0n) is 43.9. The quantitative estimate of drug-likeness (QED) is 0.0978. The highest BCUT2D eigenvalue weighted by molar-refractivity contribution is 7.00. The monoisotopic (exact) mass is 915 g/mol. The van der Waals surface area contributed by atoms with Gasteiger partial charge in [-0.1, -0.05) is 151 Å². The average Bonchev–Trinajstić information content (AvgIpc) is 3.68.